The van der Waals surface area contributed by atoms with Crippen molar-refractivity contribution in [2.24, 2.45) is 0 Å². The average Bonchev–Trinajstić information content (AvgIpc) is 4.03. The monoisotopic (exact) mass is 768 g/mol. The first-order valence-corrected chi connectivity index (χ1v) is 19.8. The minimum Gasteiger partial charge on any atom is -0.391 e. The molecular weight excluding hydrogens is 721 g/mol. The van der Waals surface area contributed by atoms with E-state index in [0.717, 1.165) is 30.0 Å². The second-order valence-electron chi connectivity index (χ2n) is 16.1. The minimum absolute atomic E-state index is 0.159. The lowest BCUT2D eigenvalue weighted by molar-refractivity contribution is -0.0535. The largest absolute Gasteiger partial charge is 0.391 e. The zero-order valence-corrected chi connectivity index (χ0v) is 32.6. The zero-order chi connectivity index (χ0) is 39.5. The molecule has 0 saturated carbocycles. The quantitative estimate of drug-likeness (QED) is 0.135. The number of aliphatic hydroxyl groups excluding tert-OH is 1. The molecule has 12 nitrogen and oxygen atoms in total. The van der Waals surface area contributed by atoms with Gasteiger partial charge >= 0.3 is 0 Å². The smallest absolute Gasteiger partial charge is 0.254 e. The lowest BCUT2D eigenvalue weighted by atomic mass is 10.0. The van der Waals surface area contributed by atoms with E-state index in [-0.39, 0.29) is 24.5 Å². The van der Waals surface area contributed by atoms with Crippen LogP contribution in [0.4, 0.5) is 0 Å². The summed E-state index contributed by atoms with van der Waals surface area (Å²) in [6.45, 7) is 6.56. The number of carbonyl (C=O) groups is 2. The van der Waals surface area contributed by atoms with E-state index in [1.54, 1.807) is 21.9 Å². The number of ether oxygens (including phenoxy) is 1. The maximum Gasteiger partial charge on any atom is 0.254 e. The number of hydrogen-bond acceptors (Lipinski definition) is 10. The molecule has 0 unspecified atom stereocenters. The first-order valence-electron chi connectivity index (χ1n) is 19.8. The molecule has 6 aromatic rings. The van der Waals surface area contributed by atoms with Crippen molar-refractivity contribution >= 4 is 22.6 Å². The fourth-order valence-electron chi connectivity index (χ4n) is 7.96. The highest BCUT2D eigenvalue weighted by molar-refractivity contribution is 6.02. The van der Waals surface area contributed by atoms with Crippen LogP contribution in [0.5, 0.6) is 0 Å². The second-order valence-corrected chi connectivity index (χ2v) is 16.1. The van der Waals surface area contributed by atoms with Crippen LogP contribution in [0.25, 0.3) is 10.8 Å². The Bertz CT molecular complexity index is 2320. The molecule has 12 heteroatoms. The number of fused-ring (bicyclic) bond motifs is 1. The van der Waals surface area contributed by atoms with Gasteiger partial charge in [0, 0.05) is 49.9 Å². The molecule has 0 spiro atoms. The second kappa shape index (κ2) is 16.4. The maximum absolute atomic E-state index is 14.3. The van der Waals surface area contributed by atoms with E-state index in [0.29, 0.717) is 66.8 Å². The van der Waals surface area contributed by atoms with Crippen molar-refractivity contribution in [3.63, 3.8) is 0 Å². The van der Waals surface area contributed by atoms with Gasteiger partial charge in [0.1, 0.15) is 12.1 Å². The fourth-order valence-corrected chi connectivity index (χ4v) is 7.96. The Labute approximate surface area is 331 Å². The molecule has 1 N–H and O–H groups in total. The van der Waals surface area contributed by atoms with Crippen LogP contribution in [0.3, 0.4) is 0 Å². The van der Waals surface area contributed by atoms with E-state index in [4.69, 9.17) is 18.8 Å². The Morgan fingerprint density at radius 1 is 0.684 bits per heavy atom. The van der Waals surface area contributed by atoms with Crippen LogP contribution in [0.15, 0.2) is 106 Å². The number of likely N-dealkylation sites (tertiary alicyclic amines) is 2. The number of β-amino-alcohol motifs (C(OH)–C–C–N with tert-alkyl or cyclic N) is 1. The molecule has 4 aromatic carbocycles. The van der Waals surface area contributed by atoms with Gasteiger partial charge in [-0.1, -0.05) is 83.1 Å². The van der Waals surface area contributed by atoms with Gasteiger partial charge in [-0.25, -0.2) is 0 Å². The van der Waals surface area contributed by atoms with Crippen molar-refractivity contribution in [1.82, 2.24) is 30.1 Å². The minimum atomic E-state index is -0.711. The lowest BCUT2D eigenvalue weighted by Crippen LogP contribution is -2.34. The Hall–Kier alpha value is -5.72. The first-order chi connectivity index (χ1) is 27.6. The van der Waals surface area contributed by atoms with Crippen molar-refractivity contribution in [3.05, 3.63) is 143 Å². The number of amides is 2. The van der Waals surface area contributed by atoms with Crippen LogP contribution in [0.2, 0.25) is 0 Å². The molecule has 0 bridgehead atoms. The van der Waals surface area contributed by atoms with Gasteiger partial charge in [-0.3, -0.25) is 9.59 Å². The number of nitrogens with zero attached hydrogens (tertiary/aromatic N) is 6. The highest BCUT2D eigenvalue weighted by atomic mass is 16.5. The van der Waals surface area contributed by atoms with Gasteiger partial charge in [-0.05, 0) is 86.2 Å². The van der Waals surface area contributed by atoms with Crippen molar-refractivity contribution in [2.45, 2.75) is 95.6 Å². The molecule has 4 heterocycles. The van der Waals surface area contributed by atoms with E-state index < -0.39 is 23.8 Å². The molecule has 2 aliphatic heterocycles. The Balaban J connectivity index is 0.960. The molecule has 2 fully saturated rings. The molecule has 2 aliphatic rings. The van der Waals surface area contributed by atoms with Crippen LogP contribution in [0.1, 0.15) is 107 Å². The van der Waals surface area contributed by atoms with E-state index in [1.165, 1.54) is 11.1 Å². The normalized spacial score (nSPS) is 19.8. The Kier molecular flexibility index (Phi) is 11.0. The zero-order valence-electron chi connectivity index (χ0n) is 32.6. The lowest BCUT2D eigenvalue weighted by Gasteiger charge is -2.25. The first kappa shape index (κ1) is 38.2. The molecule has 2 saturated heterocycles. The molecule has 2 amide bonds. The number of aliphatic hydroxyl groups is 1. The maximum atomic E-state index is 14.3. The van der Waals surface area contributed by atoms with Gasteiger partial charge in [0.25, 0.3) is 11.8 Å². The predicted molar refractivity (Wildman–Crippen MR) is 212 cm³/mol. The van der Waals surface area contributed by atoms with Gasteiger partial charge in [0.05, 0.1) is 17.8 Å². The standard InChI is InChI=1S/C45H48N6O6/c1-45(2,3)55-36-26-38(42-47-40(49-57-42)22-17-30-13-8-5-9-14-30)51(28-36)44(54)34-21-19-31-23-33(20-18-32(31)24-34)43(53)50-27-35(52)25-37(50)41-46-39(48-56-41)16-10-15-29-11-6-4-7-12-29/h4-9,11-14,18-21,23-24,35-38,52H,10,15-17,22,25-28H2,1-3H3/t35-,36-,37+,38+/m1/s1. The molecule has 294 valence electrons. The van der Waals surface area contributed by atoms with E-state index in [1.807, 2.05) is 81.4 Å². The molecule has 57 heavy (non-hydrogen) atoms. The molecular formula is C45H48N6O6. The van der Waals surface area contributed by atoms with Crippen LogP contribution >= 0.6 is 0 Å². The third-order valence-corrected chi connectivity index (χ3v) is 10.6. The van der Waals surface area contributed by atoms with Crippen LogP contribution in [-0.4, -0.2) is 77.9 Å². The van der Waals surface area contributed by atoms with Gasteiger partial charge < -0.3 is 28.7 Å². The third kappa shape index (κ3) is 8.97. The Morgan fingerprint density at radius 2 is 1.21 bits per heavy atom. The van der Waals surface area contributed by atoms with Crippen molar-refractivity contribution in [3.8, 4) is 0 Å². The summed E-state index contributed by atoms with van der Waals surface area (Å²) in [5.41, 5.74) is 3.01. The van der Waals surface area contributed by atoms with Crippen LogP contribution < -0.4 is 0 Å². The molecule has 0 radical (unpaired) electrons. The van der Waals surface area contributed by atoms with Crippen LogP contribution in [-0.2, 0) is 30.4 Å². The molecule has 0 aliphatic carbocycles. The molecule has 8 rings (SSSR count). The highest BCUT2D eigenvalue weighted by Crippen LogP contribution is 2.37. The van der Waals surface area contributed by atoms with Gasteiger partial charge in [0.15, 0.2) is 11.6 Å². The topological polar surface area (TPSA) is 148 Å². The average molecular weight is 769 g/mol. The summed E-state index contributed by atoms with van der Waals surface area (Å²) in [7, 11) is 0. The van der Waals surface area contributed by atoms with Gasteiger partial charge in [0.2, 0.25) is 11.8 Å². The van der Waals surface area contributed by atoms with Gasteiger partial charge in [-0.15, -0.1) is 0 Å². The number of carbonyl (C=O) groups excluding carboxylic acids is 2. The number of benzene rings is 4. The third-order valence-electron chi connectivity index (χ3n) is 10.6. The van der Waals surface area contributed by atoms with Crippen molar-refractivity contribution < 1.29 is 28.5 Å². The number of hydrogen-bond donors (Lipinski definition) is 1. The summed E-state index contributed by atoms with van der Waals surface area (Å²) in [5.74, 6) is 1.51. The predicted octanol–water partition coefficient (Wildman–Crippen LogP) is 7.29. The summed E-state index contributed by atoms with van der Waals surface area (Å²) in [4.78, 5) is 40.9. The van der Waals surface area contributed by atoms with Crippen LogP contribution in [0, 0.1) is 0 Å². The van der Waals surface area contributed by atoms with E-state index in [9.17, 15) is 14.7 Å². The molecule has 2 aromatic heterocycles. The summed E-state index contributed by atoms with van der Waals surface area (Å²) >= 11 is 0. The SMILES string of the molecule is CC(C)(C)O[C@@H]1C[C@@H](c2nc(CCc3ccccc3)no2)N(C(=O)c2ccc3cc(C(=O)N4C[C@H](O)C[C@H]4c4nc(CCCc5ccccc5)no4)ccc3c2)C1. The van der Waals surface area contributed by atoms with Crippen molar-refractivity contribution in [1.29, 1.82) is 0 Å². The summed E-state index contributed by atoms with van der Waals surface area (Å²) in [5, 5.41) is 20.7. The van der Waals surface area contributed by atoms with E-state index in [2.05, 4.69) is 39.6 Å². The van der Waals surface area contributed by atoms with Gasteiger partial charge in [-0.2, -0.15) is 9.97 Å². The summed E-state index contributed by atoms with van der Waals surface area (Å²) in [6.07, 6.45) is 3.74. The van der Waals surface area contributed by atoms with Crippen molar-refractivity contribution in [2.75, 3.05) is 13.1 Å². The number of rotatable bonds is 12. The number of aryl methyl sites for hydroxylation is 4. The molecule has 4 atom stereocenters. The number of aromatic nitrogens is 4. The fraction of sp³-hybridized carbons (Fsp3) is 0.378. The highest BCUT2D eigenvalue weighted by Gasteiger charge is 2.42. The summed E-state index contributed by atoms with van der Waals surface area (Å²) in [6, 6.07) is 30.4. The Morgan fingerprint density at radius 3 is 1.79 bits per heavy atom. The van der Waals surface area contributed by atoms with E-state index >= 15 is 0 Å². The summed E-state index contributed by atoms with van der Waals surface area (Å²) < 4.78 is 17.8.